The first-order valence-electron chi connectivity index (χ1n) is 8.67. The van der Waals surface area contributed by atoms with Gasteiger partial charge in [0.2, 0.25) is 0 Å². The number of esters is 1. The number of benzene rings is 2. The van der Waals surface area contributed by atoms with E-state index in [9.17, 15) is 9.59 Å². The number of nitrogens with zero attached hydrogens (tertiary/aromatic N) is 1. The molecule has 0 unspecified atom stereocenters. The average Bonchev–Trinajstić information content (AvgIpc) is 2.71. The monoisotopic (exact) mass is 442 g/mol. The van der Waals surface area contributed by atoms with Gasteiger partial charge in [0, 0.05) is 29.1 Å². The molecule has 0 aliphatic rings. The smallest absolute Gasteiger partial charge is 0.339 e. The molecule has 1 heterocycles. The summed E-state index contributed by atoms with van der Waals surface area (Å²) in [6.45, 7) is 0.397. The topological polar surface area (TPSA) is 77.5 Å². The van der Waals surface area contributed by atoms with Crippen LogP contribution in [0.3, 0.4) is 0 Å². The lowest BCUT2D eigenvalue weighted by Gasteiger charge is -2.10. The third-order valence-corrected chi connectivity index (χ3v) is 4.51. The Morgan fingerprint density at radius 1 is 1.11 bits per heavy atom. The summed E-state index contributed by atoms with van der Waals surface area (Å²) in [5, 5.41) is 3.28. The van der Waals surface area contributed by atoms with E-state index in [2.05, 4.69) is 26.2 Å². The second-order valence-corrected chi connectivity index (χ2v) is 6.92. The molecule has 0 aliphatic heterocycles. The maximum Gasteiger partial charge on any atom is 0.339 e. The first kappa shape index (κ1) is 20.0. The molecule has 1 amide bonds. The Hall–Kier alpha value is -2.77. The van der Waals surface area contributed by atoms with Gasteiger partial charge in [-0.1, -0.05) is 46.3 Å². The molecular weight excluding hydrogens is 424 g/mol. The number of rotatable bonds is 7. The van der Waals surface area contributed by atoms with Crippen LogP contribution >= 0.6 is 15.9 Å². The molecule has 1 aromatic heterocycles. The lowest BCUT2D eigenvalue weighted by atomic mass is 10.0. The summed E-state index contributed by atoms with van der Waals surface area (Å²) < 4.78 is 11.0. The number of aromatic nitrogens is 1. The summed E-state index contributed by atoms with van der Waals surface area (Å²) in [5.74, 6) is -0.951. The van der Waals surface area contributed by atoms with E-state index in [1.807, 2.05) is 48.5 Å². The summed E-state index contributed by atoms with van der Waals surface area (Å²) >= 11 is 3.45. The number of carbonyl (C=O) groups is 2. The van der Waals surface area contributed by atoms with Gasteiger partial charge in [0.05, 0.1) is 23.4 Å². The van der Waals surface area contributed by atoms with Gasteiger partial charge in [0.25, 0.3) is 5.91 Å². The lowest BCUT2D eigenvalue weighted by Crippen LogP contribution is -2.31. The van der Waals surface area contributed by atoms with Crippen LogP contribution in [0.4, 0.5) is 0 Å². The zero-order chi connectivity index (χ0) is 19.9. The number of amides is 1. The number of para-hydroxylation sites is 1. The van der Waals surface area contributed by atoms with Crippen LogP contribution in [0.2, 0.25) is 0 Å². The predicted octanol–water partition coefficient (Wildman–Crippen LogP) is 3.58. The molecule has 7 heteroatoms. The molecule has 144 valence electrons. The molecule has 3 rings (SSSR count). The van der Waals surface area contributed by atoms with Crippen molar-refractivity contribution in [1.29, 1.82) is 0 Å². The molecule has 0 bridgehead atoms. The fourth-order valence-electron chi connectivity index (χ4n) is 2.69. The molecule has 0 aliphatic carbocycles. The number of pyridine rings is 1. The Labute approximate surface area is 171 Å². The summed E-state index contributed by atoms with van der Waals surface area (Å²) in [5.41, 5.74) is 2.56. The highest BCUT2D eigenvalue weighted by Crippen LogP contribution is 2.27. The van der Waals surface area contributed by atoms with Crippen LogP contribution in [0.5, 0.6) is 0 Å². The minimum atomic E-state index is -0.572. The number of hydrogen-bond donors (Lipinski definition) is 1. The summed E-state index contributed by atoms with van der Waals surface area (Å²) in [6, 6.07) is 16.7. The van der Waals surface area contributed by atoms with E-state index in [1.165, 1.54) is 0 Å². The Bertz CT molecular complexity index is 1010. The number of methoxy groups -OCH3 is 1. The van der Waals surface area contributed by atoms with Crippen molar-refractivity contribution in [1.82, 2.24) is 10.3 Å². The van der Waals surface area contributed by atoms with Crippen LogP contribution in [0, 0.1) is 0 Å². The molecule has 0 saturated carbocycles. The molecule has 2 aromatic carbocycles. The van der Waals surface area contributed by atoms with Gasteiger partial charge >= 0.3 is 5.97 Å². The Morgan fingerprint density at radius 3 is 2.71 bits per heavy atom. The minimum absolute atomic E-state index is 0.356. The molecule has 6 nitrogen and oxygen atoms in total. The zero-order valence-corrected chi connectivity index (χ0v) is 16.9. The van der Waals surface area contributed by atoms with E-state index in [4.69, 9.17) is 9.47 Å². The van der Waals surface area contributed by atoms with Gasteiger partial charge in [-0.15, -0.1) is 0 Å². The van der Waals surface area contributed by atoms with E-state index >= 15 is 0 Å². The van der Waals surface area contributed by atoms with E-state index < -0.39 is 5.97 Å². The van der Waals surface area contributed by atoms with Crippen molar-refractivity contribution in [2.45, 2.75) is 0 Å². The normalized spacial score (nSPS) is 10.6. The minimum Gasteiger partial charge on any atom is -0.452 e. The largest absolute Gasteiger partial charge is 0.452 e. The molecule has 28 heavy (non-hydrogen) atoms. The van der Waals surface area contributed by atoms with Crippen molar-refractivity contribution >= 4 is 38.7 Å². The first-order valence-corrected chi connectivity index (χ1v) is 9.46. The van der Waals surface area contributed by atoms with Gasteiger partial charge < -0.3 is 14.8 Å². The van der Waals surface area contributed by atoms with Crippen LogP contribution in [0.1, 0.15) is 10.4 Å². The van der Waals surface area contributed by atoms with Gasteiger partial charge in [-0.25, -0.2) is 9.78 Å². The SMILES string of the molecule is COCCNC(=O)COC(=O)c1cc(-c2cccc(Br)c2)nc2ccccc12. The third-order valence-electron chi connectivity index (χ3n) is 4.02. The number of halogens is 1. The van der Waals surface area contributed by atoms with E-state index in [1.54, 1.807) is 13.2 Å². The molecule has 1 N–H and O–H groups in total. The van der Waals surface area contributed by atoms with Gasteiger partial charge in [-0.2, -0.15) is 0 Å². The quantitative estimate of drug-likeness (QED) is 0.446. The second-order valence-electron chi connectivity index (χ2n) is 6.00. The number of ether oxygens (including phenoxy) is 2. The predicted molar refractivity (Wildman–Crippen MR) is 110 cm³/mol. The second kappa shape index (κ2) is 9.43. The third kappa shape index (κ3) is 4.94. The molecule has 0 saturated heterocycles. The Balaban J connectivity index is 1.87. The Kier molecular flexibility index (Phi) is 6.73. The number of carbonyl (C=O) groups excluding carboxylic acids is 2. The summed E-state index contributed by atoms with van der Waals surface area (Å²) in [7, 11) is 1.55. The first-order chi connectivity index (χ1) is 13.6. The maximum atomic E-state index is 12.7. The average molecular weight is 443 g/mol. The van der Waals surface area contributed by atoms with Crippen molar-refractivity contribution < 1.29 is 19.1 Å². The van der Waals surface area contributed by atoms with Crippen LogP contribution in [0.25, 0.3) is 22.2 Å². The highest BCUT2D eigenvalue weighted by atomic mass is 79.9. The van der Waals surface area contributed by atoms with E-state index in [-0.39, 0.29) is 12.5 Å². The standard InChI is InChI=1S/C21H19BrN2O4/c1-27-10-9-23-20(25)13-28-21(26)17-12-19(14-5-4-6-15(22)11-14)24-18-8-3-2-7-16(17)18/h2-8,11-12H,9-10,13H2,1H3,(H,23,25). The van der Waals surface area contributed by atoms with Gasteiger partial charge in [0.15, 0.2) is 6.61 Å². The van der Waals surface area contributed by atoms with Crippen LogP contribution < -0.4 is 5.32 Å². The molecule has 0 spiro atoms. The Morgan fingerprint density at radius 2 is 1.93 bits per heavy atom. The van der Waals surface area contributed by atoms with Crippen molar-refractivity contribution in [2.24, 2.45) is 0 Å². The highest BCUT2D eigenvalue weighted by molar-refractivity contribution is 9.10. The van der Waals surface area contributed by atoms with Crippen LogP contribution in [-0.4, -0.2) is 43.7 Å². The highest BCUT2D eigenvalue weighted by Gasteiger charge is 2.16. The molecule has 0 atom stereocenters. The van der Waals surface area contributed by atoms with Gasteiger partial charge in [0.1, 0.15) is 0 Å². The number of hydrogen-bond acceptors (Lipinski definition) is 5. The van der Waals surface area contributed by atoms with Crippen LogP contribution in [-0.2, 0) is 14.3 Å². The molecule has 0 fully saturated rings. The van der Waals surface area contributed by atoms with Crippen LogP contribution in [0.15, 0.2) is 59.1 Å². The van der Waals surface area contributed by atoms with Crippen molar-refractivity contribution in [3.05, 3.63) is 64.6 Å². The maximum absolute atomic E-state index is 12.7. The summed E-state index contributed by atoms with van der Waals surface area (Å²) in [6.07, 6.45) is 0. The van der Waals surface area contributed by atoms with E-state index in [0.717, 1.165) is 10.0 Å². The fraction of sp³-hybridized carbons (Fsp3) is 0.190. The number of fused-ring (bicyclic) bond motifs is 1. The van der Waals surface area contributed by atoms with Crippen molar-refractivity contribution in [3.8, 4) is 11.3 Å². The molecular formula is C21H19BrN2O4. The lowest BCUT2D eigenvalue weighted by molar-refractivity contribution is -0.124. The zero-order valence-electron chi connectivity index (χ0n) is 15.3. The van der Waals surface area contributed by atoms with Gasteiger partial charge in [-0.3, -0.25) is 4.79 Å². The number of nitrogens with one attached hydrogen (secondary N) is 1. The van der Waals surface area contributed by atoms with Crippen molar-refractivity contribution in [2.75, 3.05) is 26.9 Å². The van der Waals surface area contributed by atoms with Crippen molar-refractivity contribution in [3.63, 3.8) is 0 Å². The van der Waals surface area contributed by atoms with E-state index in [0.29, 0.717) is 35.3 Å². The summed E-state index contributed by atoms with van der Waals surface area (Å²) in [4.78, 5) is 29.1. The fourth-order valence-corrected chi connectivity index (χ4v) is 3.09. The van der Waals surface area contributed by atoms with Gasteiger partial charge in [-0.05, 0) is 24.3 Å². The molecule has 0 radical (unpaired) electrons. The molecule has 3 aromatic rings.